The molecule has 0 radical (unpaired) electrons. The van der Waals surface area contributed by atoms with E-state index in [0.29, 0.717) is 48.1 Å². The second kappa shape index (κ2) is 10.7. The summed E-state index contributed by atoms with van der Waals surface area (Å²) in [6.07, 6.45) is 2.18. The first kappa shape index (κ1) is 23.9. The van der Waals surface area contributed by atoms with E-state index >= 15 is 0 Å². The standard InChI is InChI=1S/C21H25N3O6S2/c1-22-20(25)14-3-5-15(6-4-14)23-21(26)17(9-12-31-2)24-32(27,28)16-7-8-18-19(13-16)30-11-10-29-18/h3-8,13,17,24H,9-12H2,1-2H3,(H,22,25)(H,23,26). The first-order valence-electron chi connectivity index (χ1n) is 9.88. The molecule has 2 aromatic rings. The largest absolute Gasteiger partial charge is 0.486 e. The zero-order chi connectivity index (χ0) is 23.1. The van der Waals surface area contributed by atoms with Gasteiger partial charge in [-0.2, -0.15) is 16.5 Å². The van der Waals surface area contributed by atoms with Gasteiger partial charge in [-0.1, -0.05) is 0 Å². The SMILES string of the molecule is CNC(=O)c1ccc(NC(=O)C(CCSC)NS(=O)(=O)c2ccc3c(c2)OCCO3)cc1. The second-order valence-electron chi connectivity index (χ2n) is 6.91. The van der Waals surface area contributed by atoms with Crippen LogP contribution in [0.4, 0.5) is 5.69 Å². The van der Waals surface area contributed by atoms with Crippen molar-refractivity contribution < 1.29 is 27.5 Å². The highest BCUT2D eigenvalue weighted by Gasteiger charge is 2.27. The maximum absolute atomic E-state index is 13.0. The molecular weight excluding hydrogens is 454 g/mol. The highest BCUT2D eigenvalue weighted by Crippen LogP contribution is 2.32. The van der Waals surface area contributed by atoms with Crippen molar-refractivity contribution >= 4 is 39.3 Å². The van der Waals surface area contributed by atoms with Crippen molar-refractivity contribution in [3.8, 4) is 11.5 Å². The topological polar surface area (TPSA) is 123 Å². The zero-order valence-electron chi connectivity index (χ0n) is 17.7. The lowest BCUT2D eigenvalue weighted by molar-refractivity contribution is -0.117. The van der Waals surface area contributed by atoms with Crippen molar-refractivity contribution in [1.29, 1.82) is 0 Å². The Kier molecular flexibility index (Phi) is 7.99. The number of nitrogens with one attached hydrogen (secondary N) is 3. The van der Waals surface area contributed by atoms with Crippen LogP contribution in [0.15, 0.2) is 47.4 Å². The fourth-order valence-electron chi connectivity index (χ4n) is 3.00. The number of hydrogen-bond donors (Lipinski definition) is 3. The zero-order valence-corrected chi connectivity index (χ0v) is 19.3. The van der Waals surface area contributed by atoms with Crippen LogP contribution in [0.1, 0.15) is 16.8 Å². The summed E-state index contributed by atoms with van der Waals surface area (Å²) >= 11 is 1.51. The van der Waals surface area contributed by atoms with Gasteiger partial charge in [0.2, 0.25) is 15.9 Å². The van der Waals surface area contributed by atoms with Crippen molar-refractivity contribution in [3.63, 3.8) is 0 Å². The fourth-order valence-corrected chi connectivity index (χ4v) is 4.72. The van der Waals surface area contributed by atoms with E-state index in [1.807, 2.05) is 6.26 Å². The van der Waals surface area contributed by atoms with Crippen molar-refractivity contribution in [3.05, 3.63) is 48.0 Å². The number of rotatable bonds is 9. The predicted molar refractivity (Wildman–Crippen MR) is 123 cm³/mol. The molecule has 2 aromatic carbocycles. The number of carbonyl (C=O) groups excluding carboxylic acids is 2. The summed E-state index contributed by atoms with van der Waals surface area (Å²) in [7, 11) is -2.46. The third-order valence-corrected chi connectivity index (χ3v) is 6.80. The minimum absolute atomic E-state index is 0.0152. The quantitative estimate of drug-likeness (QED) is 0.502. The Bertz CT molecular complexity index is 1070. The summed E-state index contributed by atoms with van der Waals surface area (Å²) < 4.78 is 39.3. The van der Waals surface area contributed by atoms with Gasteiger partial charge in [0.15, 0.2) is 11.5 Å². The van der Waals surface area contributed by atoms with Crippen molar-refractivity contribution in [2.75, 3.05) is 37.6 Å². The number of sulfonamides is 1. The number of thioether (sulfide) groups is 1. The summed E-state index contributed by atoms with van der Waals surface area (Å²) in [5.74, 6) is 0.672. The van der Waals surface area contributed by atoms with Crippen LogP contribution in [0.25, 0.3) is 0 Å². The molecule has 1 aliphatic rings. The second-order valence-corrected chi connectivity index (χ2v) is 9.61. The molecule has 0 aliphatic carbocycles. The number of benzene rings is 2. The summed E-state index contributed by atoms with van der Waals surface area (Å²) in [6, 6.07) is 9.67. The van der Waals surface area contributed by atoms with Crippen LogP contribution in [0.5, 0.6) is 11.5 Å². The molecule has 32 heavy (non-hydrogen) atoms. The number of ether oxygens (including phenoxy) is 2. The molecule has 0 bridgehead atoms. The van der Waals surface area contributed by atoms with Gasteiger partial charge in [-0.15, -0.1) is 0 Å². The van der Waals surface area contributed by atoms with Gasteiger partial charge in [0.1, 0.15) is 19.3 Å². The van der Waals surface area contributed by atoms with Crippen LogP contribution in [-0.2, 0) is 14.8 Å². The molecule has 9 nitrogen and oxygen atoms in total. The maximum atomic E-state index is 13.0. The number of amides is 2. The molecule has 1 atom stereocenters. The van der Waals surface area contributed by atoms with Gasteiger partial charge in [-0.25, -0.2) is 8.42 Å². The highest BCUT2D eigenvalue weighted by atomic mass is 32.2. The average Bonchev–Trinajstić information content (AvgIpc) is 2.81. The molecule has 3 rings (SSSR count). The smallest absolute Gasteiger partial charge is 0.251 e. The number of anilines is 1. The van der Waals surface area contributed by atoms with E-state index in [9.17, 15) is 18.0 Å². The predicted octanol–water partition coefficient (Wildman–Crippen LogP) is 1.86. The van der Waals surface area contributed by atoms with E-state index in [-0.39, 0.29) is 10.8 Å². The van der Waals surface area contributed by atoms with E-state index in [1.165, 1.54) is 37.0 Å². The molecule has 0 saturated heterocycles. The molecule has 1 heterocycles. The Morgan fingerprint density at radius 2 is 1.75 bits per heavy atom. The molecule has 0 saturated carbocycles. The van der Waals surface area contributed by atoms with Gasteiger partial charge < -0.3 is 20.1 Å². The van der Waals surface area contributed by atoms with E-state index in [2.05, 4.69) is 15.4 Å². The fraction of sp³-hybridized carbons (Fsp3) is 0.333. The lowest BCUT2D eigenvalue weighted by atomic mass is 10.2. The lowest BCUT2D eigenvalue weighted by Crippen LogP contribution is -2.44. The Hall–Kier alpha value is -2.76. The van der Waals surface area contributed by atoms with Crippen LogP contribution in [-0.4, -0.2) is 58.5 Å². The van der Waals surface area contributed by atoms with Gasteiger partial charge in [0, 0.05) is 24.4 Å². The molecule has 0 spiro atoms. The molecule has 0 fully saturated rings. The Morgan fingerprint density at radius 3 is 2.41 bits per heavy atom. The van der Waals surface area contributed by atoms with Gasteiger partial charge in [-0.3, -0.25) is 9.59 Å². The molecule has 1 aliphatic heterocycles. The number of fused-ring (bicyclic) bond motifs is 1. The normalized spacial score (nSPS) is 13.8. The molecule has 1 unspecified atom stereocenters. The van der Waals surface area contributed by atoms with E-state index in [0.717, 1.165) is 0 Å². The average molecular weight is 480 g/mol. The van der Waals surface area contributed by atoms with Gasteiger partial charge in [0.25, 0.3) is 5.91 Å². The van der Waals surface area contributed by atoms with Crippen molar-refractivity contribution in [2.24, 2.45) is 0 Å². The first-order valence-corrected chi connectivity index (χ1v) is 12.8. The van der Waals surface area contributed by atoms with Crippen LogP contribution in [0, 0.1) is 0 Å². The Balaban J connectivity index is 1.75. The third-order valence-electron chi connectivity index (χ3n) is 4.69. The Labute approximate surface area is 191 Å². The first-order chi connectivity index (χ1) is 15.3. The van der Waals surface area contributed by atoms with Crippen LogP contribution >= 0.6 is 11.8 Å². The van der Waals surface area contributed by atoms with Crippen LogP contribution < -0.4 is 24.8 Å². The van der Waals surface area contributed by atoms with Gasteiger partial charge in [0.05, 0.1) is 4.90 Å². The highest BCUT2D eigenvalue weighted by molar-refractivity contribution is 7.98. The molecular formula is C21H25N3O6S2. The summed E-state index contributed by atoms with van der Waals surface area (Å²) in [4.78, 5) is 24.5. The Morgan fingerprint density at radius 1 is 1.06 bits per heavy atom. The van der Waals surface area contributed by atoms with Crippen LogP contribution in [0.2, 0.25) is 0 Å². The summed E-state index contributed by atoms with van der Waals surface area (Å²) in [5, 5.41) is 5.23. The van der Waals surface area contributed by atoms with E-state index < -0.39 is 22.0 Å². The van der Waals surface area contributed by atoms with Crippen molar-refractivity contribution in [2.45, 2.75) is 17.4 Å². The van der Waals surface area contributed by atoms with E-state index in [1.54, 1.807) is 24.3 Å². The number of carbonyl (C=O) groups is 2. The van der Waals surface area contributed by atoms with Gasteiger partial charge >= 0.3 is 0 Å². The molecule has 0 aromatic heterocycles. The lowest BCUT2D eigenvalue weighted by Gasteiger charge is -2.21. The molecule has 11 heteroatoms. The minimum Gasteiger partial charge on any atom is -0.486 e. The summed E-state index contributed by atoms with van der Waals surface area (Å²) in [5.41, 5.74) is 0.902. The third kappa shape index (κ3) is 5.93. The monoisotopic (exact) mass is 479 g/mol. The number of hydrogen-bond acceptors (Lipinski definition) is 7. The van der Waals surface area contributed by atoms with E-state index in [4.69, 9.17) is 9.47 Å². The molecule has 2 amide bonds. The maximum Gasteiger partial charge on any atom is 0.251 e. The minimum atomic E-state index is -3.99. The molecule has 172 valence electrons. The van der Waals surface area contributed by atoms with Gasteiger partial charge in [-0.05, 0) is 54.8 Å². The van der Waals surface area contributed by atoms with Crippen molar-refractivity contribution in [1.82, 2.24) is 10.0 Å². The summed E-state index contributed by atoms with van der Waals surface area (Å²) in [6.45, 7) is 0.736. The molecule has 3 N–H and O–H groups in total. The van der Waals surface area contributed by atoms with Crippen LogP contribution in [0.3, 0.4) is 0 Å².